The molecule has 108 valence electrons. The lowest BCUT2D eigenvalue weighted by molar-refractivity contribution is -0.142. The first-order valence-corrected chi connectivity index (χ1v) is 6.96. The second-order valence-electron chi connectivity index (χ2n) is 4.67. The van der Waals surface area contributed by atoms with Gasteiger partial charge in [0, 0.05) is 30.1 Å². The van der Waals surface area contributed by atoms with E-state index in [4.69, 9.17) is 5.11 Å². The highest BCUT2D eigenvalue weighted by atomic mass is 79.9. The van der Waals surface area contributed by atoms with E-state index in [1.807, 2.05) is 0 Å². The minimum Gasteiger partial charge on any atom is -0.396 e. The monoisotopic (exact) mass is 344 g/mol. The van der Waals surface area contributed by atoms with E-state index in [0.29, 0.717) is 24.0 Å². The van der Waals surface area contributed by atoms with E-state index in [9.17, 15) is 14.0 Å². The molecule has 2 N–H and O–H groups in total. The smallest absolute Gasteiger partial charge is 0.313 e. The number of nitrogens with zero attached hydrogens (tertiary/aromatic N) is 1. The Morgan fingerprint density at radius 3 is 2.90 bits per heavy atom. The van der Waals surface area contributed by atoms with Gasteiger partial charge in [-0.15, -0.1) is 0 Å². The average molecular weight is 345 g/mol. The van der Waals surface area contributed by atoms with E-state index in [0.717, 1.165) is 0 Å². The fourth-order valence-corrected chi connectivity index (χ4v) is 2.44. The van der Waals surface area contributed by atoms with Crippen LogP contribution in [0.4, 0.5) is 10.1 Å². The minimum atomic E-state index is -0.874. The summed E-state index contributed by atoms with van der Waals surface area (Å²) in [6.07, 6.45) is 0.667. The van der Waals surface area contributed by atoms with E-state index < -0.39 is 17.6 Å². The number of nitrogens with one attached hydrogen (secondary N) is 1. The van der Waals surface area contributed by atoms with Crippen LogP contribution in [0.5, 0.6) is 0 Å². The molecule has 1 fully saturated rings. The van der Waals surface area contributed by atoms with Gasteiger partial charge in [0.1, 0.15) is 5.82 Å². The molecule has 0 aromatic heterocycles. The van der Waals surface area contributed by atoms with Crippen LogP contribution in [0, 0.1) is 11.7 Å². The van der Waals surface area contributed by atoms with Crippen LogP contribution in [0.15, 0.2) is 22.7 Å². The standard InChI is InChI=1S/C13H14BrFN2O3/c14-9-1-2-10(15)11(5-9)16-12(19)13(20)17-4-3-8(6-17)7-18/h1-2,5,8,18H,3-4,6-7H2,(H,16,19). The molecule has 1 saturated heterocycles. The molecule has 5 nitrogen and oxygen atoms in total. The quantitative estimate of drug-likeness (QED) is 0.796. The molecule has 20 heavy (non-hydrogen) atoms. The van der Waals surface area contributed by atoms with E-state index in [1.54, 1.807) is 0 Å². The van der Waals surface area contributed by atoms with Crippen molar-refractivity contribution in [1.29, 1.82) is 0 Å². The summed E-state index contributed by atoms with van der Waals surface area (Å²) in [6, 6.07) is 4.09. The summed E-state index contributed by atoms with van der Waals surface area (Å²) in [4.78, 5) is 25.1. The predicted molar refractivity (Wildman–Crippen MR) is 74.5 cm³/mol. The van der Waals surface area contributed by atoms with Crippen LogP contribution in [0.3, 0.4) is 0 Å². The van der Waals surface area contributed by atoms with E-state index >= 15 is 0 Å². The highest BCUT2D eigenvalue weighted by Crippen LogP contribution is 2.21. The topological polar surface area (TPSA) is 69.6 Å². The van der Waals surface area contributed by atoms with Gasteiger partial charge in [-0.3, -0.25) is 9.59 Å². The predicted octanol–water partition coefficient (Wildman–Crippen LogP) is 1.37. The van der Waals surface area contributed by atoms with Gasteiger partial charge in [-0.25, -0.2) is 4.39 Å². The first kappa shape index (κ1) is 14.9. The van der Waals surface area contributed by atoms with Crippen molar-refractivity contribution in [3.05, 3.63) is 28.5 Å². The molecule has 1 aromatic rings. The molecular weight excluding hydrogens is 331 g/mol. The molecule has 0 spiro atoms. The number of hydrogen-bond donors (Lipinski definition) is 2. The summed E-state index contributed by atoms with van der Waals surface area (Å²) in [5.74, 6) is -2.18. The lowest BCUT2D eigenvalue weighted by Crippen LogP contribution is -2.38. The summed E-state index contributed by atoms with van der Waals surface area (Å²) >= 11 is 3.17. The first-order chi connectivity index (χ1) is 9.51. The minimum absolute atomic E-state index is 0.00827. The molecular formula is C13H14BrFN2O3. The third-order valence-electron chi connectivity index (χ3n) is 3.20. The number of halogens is 2. The van der Waals surface area contributed by atoms with Gasteiger partial charge >= 0.3 is 11.8 Å². The number of benzene rings is 1. The molecule has 2 rings (SSSR count). The van der Waals surface area contributed by atoms with Crippen molar-refractivity contribution in [2.75, 3.05) is 25.0 Å². The zero-order chi connectivity index (χ0) is 14.7. The van der Waals surface area contributed by atoms with Gasteiger partial charge in [-0.1, -0.05) is 15.9 Å². The number of carbonyl (C=O) groups excluding carboxylic acids is 2. The number of rotatable bonds is 2. The number of anilines is 1. The Kier molecular flexibility index (Phi) is 4.72. The van der Waals surface area contributed by atoms with Crippen molar-refractivity contribution in [2.24, 2.45) is 5.92 Å². The Bertz CT molecular complexity index is 538. The van der Waals surface area contributed by atoms with Crippen molar-refractivity contribution in [2.45, 2.75) is 6.42 Å². The second kappa shape index (κ2) is 6.32. The van der Waals surface area contributed by atoms with Gasteiger partial charge in [0.15, 0.2) is 0 Å². The molecule has 0 aliphatic carbocycles. The maximum absolute atomic E-state index is 13.5. The zero-order valence-corrected chi connectivity index (χ0v) is 12.2. The van der Waals surface area contributed by atoms with E-state index in [-0.39, 0.29) is 18.2 Å². The molecule has 1 aliphatic heterocycles. The largest absolute Gasteiger partial charge is 0.396 e. The Balaban J connectivity index is 2.01. The van der Waals surface area contributed by atoms with Gasteiger partial charge in [0.25, 0.3) is 0 Å². The van der Waals surface area contributed by atoms with Gasteiger partial charge < -0.3 is 15.3 Å². The average Bonchev–Trinajstić information content (AvgIpc) is 2.90. The molecule has 1 heterocycles. The number of aliphatic hydroxyl groups is 1. The number of hydrogen-bond acceptors (Lipinski definition) is 3. The van der Waals surface area contributed by atoms with Crippen molar-refractivity contribution in [1.82, 2.24) is 4.90 Å². The van der Waals surface area contributed by atoms with Crippen molar-refractivity contribution < 1.29 is 19.1 Å². The SMILES string of the molecule is O=C(Nc1cc(Br)ccc1F)C(=O)N1CCC(CO)C1. The molecule has 7 heteroatoms. The van der Waals surface area contributed by atoms with Gasteiger partial charge in [-0.2, -0.15) is 0 Å². The Morgan fingerprint density at radius 2 is 2.25 bits per heavy atom. The van der Waals surface area contributed by atoms with Crippen LogP contribution >= 0.6 is 15.9 Å². The van der Waals surface area contributed by atoms with Crippen molar-refractivity contribution >= 4 is 33.4 Å². The summed E-state index contributed by atoms with van der Waals surface area (Å²) in [5.41, 5.74) is -0.0457. The molecule has 1 unspecified atom stereocenters. The Hall–Kier alpha value is -1.47. The molecule has 1 aliphatic rings. The Morgan fingerprint density at radius 1 is 1.50 bits per heavy atom. The van der Waals surface area contributed by atoms with Crippen LogP contribution in [-0.2, 0) is 9.59 Å². The molecule has 0 radical (unpaired) electrons. The van der Waals surface area contributed by atoms with Crippen molar-refractivity contribution in [3.8, 4) is 0 Å². The molecule has 0 saturated carbocycles. The van der Waals surface area contributed by atoms with Crippen molar-refractivity contribution in [3.63, 3.8) is 0 Å². The molecule has 2 amide bonds. The number of aliphatic hydroxyl groups excluding tert-OH is 1. The highest BCUT2D eigenvalue weighted by Gasteiger charge is 2.29. The van der Waals surface area contributed by atoms with E-state index in [2.05, 4.69) is 21.2 Å². The number of amides is 2. The molecule has 0 bridgehead atoms. The fraction of sp³-hybridized carbons (Fsp3) is 0.385. The highest BCUT2D eigenvalue weighted by molar-refractivity contribution is 9.10. The summed E-state index contributed by atoms with van der Waals surface area (Å²) < 4.78 is 14.1. The second-order valence-corrected chi connectivity index (χ2v) is 5.58. The van der Waals surface area contributed by atoms with Crippen LogP contribution in [-0.4, -0.2) is 41.5 Å². The number of likely N-dealkylation sites (tertiary alicyclic amines) is 1. The Labute approximate surface area is 123 Å². The maximum Gasteiger partial charge on any atom is 0.313 e. The van der Waals surface area contributed by atoms with Gasteiger partial charge in [0.2, 0.25) is 0 Å². The maximum atomic E-state index is 13.5. The van der Waals surface area contributed by atoms with Crippen LogP contribution in [0.1, 0.15) is 6.42 Å². The lowest BCUT2D eigenvalue weighted by Gasteiger charge is -2.15. The fourth-order valence-electron chi connectivity index (χ4n) is 2.08. The third-order valence-corrected chi connectivity index (χ3v) is 3.70. The van der Waals surface area contributed by atoms with Crippen LogP contribution < -0.4 is 5.32 Å². The summed E-state index contributed by atoms with van der Waals surface area (Å²) in [6.45, 7) is 0.772. The number of carbonyl (C=O) groups is 2. The van der Waals surface area contributed by atoms with Crippen LogP contribution in [0.25, 0.3) is 0 Å². The molecule has 1 aromatic carbocycles. The van der Waals surface area contributed by atoms with Gasteiger partial charge in [-0.05, 0) is 24.6 Å². The summed E-state index contributed by atoms with van der Waals surface area (Å²) in [5, 5.41) is 11.3. The van der Waals surface area contributed by atoms with Gasteiger partial charge in [0.05, 0.1) is 5.69 Å². The zero-order valence-electron chi connectivity index (χ0n) is 10.6. The lowest BCUT2D eigenvalue weighted by atomic mass is 10.1. The third kappa shape index (κ3) is 3.34. The van der Waals surface area contributed by atoms with E-state index in [1.165, 1.54) is 23.1 Å². The summed E-state index contributed by atoms with van der Waals surface area (Å²) in [7, 11) is 0. The molecule has 1 atom stereocenters. The normalized spacial score (nSPS) is 18.1. The van der Waals surface area contributed by atoms with Crippen LogP contribution in [0.2, 0.25) is 0 Å². The first-order valence-electron chi connectivity index (χ1n) is 6.17.